The smallest absolute Gasteiger partial charge is 0.289 e. The third kappa shape index (κ3) is 2.41. The molecule has 1 aliphatic rings. The lowest BCUT2D eigenvalue weighted by Crippen LogP contribution is -2.42. The van der Waals surface area contributed by atoms with Gasteiger partial charge in [-0.3, -0.25) is 4.79 Å². The second kappa shape index (κ2) is 4.93. The molecule has 5 heteroatoms. The lowest BCUT2D eigenvalue weighted by molar-refractivity contribution is 0.0677. The Bertz CT molecular complexity index is 370. The second-order valence-corrected chi connectivity index (χ2v) is 4.76. The molecule has 1 fully saturated rings. The molecule has 1 saturated heterocycles. The highest BCUT2D eigenvalue weighted by atomic mass is 32.2. The van der Waals surface area contributed by atoms with Gasteiger partial charge in [-0.2, -0.15) is 0 Å². The van der Waals surface area contributed by atoms with Crippen molar-refractivity contribution in [2.75, 3.05) is 19.3 Å². The highest BCUT2D eigenvalue weighted by molar-refractivity contribution is 7.98. The summed E-state index contributed by atoms with van der Waals surface area (Å²) in [6.07, 6.45) is 3.68. The lowest BCUT2D eigenvalue weighted by atomic mass is 10.1. The molecule has 2 rings (SSSR count). The number of carbonyl (C=O) groups is 1. The van der Waals surface area contributed by atoms with Crippen LogP contribution in [0.4, 0.5) is 0 Å². The Kier molecular flexibility index (Phi) is 3.56. The maximum Gasteiger partial charge on any atom is 0.289 e. The molecule has 0 atom stereocenters. The van der Waals surface area contributed by atoms with E-state index in [1.54, 1.807) is 6.07 Å². The molecule has 0 unspecified atom stereocenters. The molecule has 0 radical (unpaired) electrons. The number of nitrogens with two attached hydrogens (primary N) is 1. The van der Waals surface area contributed by atoms with Crippen molar-refractivity contribution >= 4 is 17.7 Å². The van der Waals surface area contributed by atoms with Crippen molar-refractivity contribution in [2.24, 2.45) is 5.73 Å². The fourth-order valence-electron chi connectivity index (χ4n) is 1.80. The fourth-order valence-corrected chi connectivity index (χ4v) is 2.18. The molecule has 0 aromatic carbocycles. The summed E-state index contributed by atoms with van der Waals surface area (Å²) >= 11 is 1.50. The van der Waals surface area contributed by atoms with Gasteiger partial charge in [0.25, 0.3) is 5.91 Å². The number of rotatable bonds is 2. The zero-order valence-corrected chi connectivity index (χ0v) is 10.1. The van der Waals surface area contributed by atoms with Crippen molar-refractivity contribution in [3.8, 4) is 0 Å². The molecule has 1 aromatic heterocycles. The van der Waals surface area contributed by atoms with E-state index in [0.717, 1.165) is 31.0 Å². The molecule has 1 amide bonds. The molecule has 16 heavy (non-hydrogen) atoms. The molecule has 0 saturated carbocycles. The molecule has 0 spiro atoms. The average molecular weight is 240 g/mol. The number of carbonyl (C=O) groups excluding carboxylic acids is 1. The number of thioether (sulfide) groups is 1. The monoisotopic (exact) mass is 240 g/mol. The van der Waals surface area contributed by atoms with E-state index in [-0.39, 0.29) is 11.9 Å². The first-order chi connectivity index (χ1) is 7.70. The Morgan fingerprint density at radius 3 is 2.75 bits per heavy atom. The molecule has 2 N–H and O–H groups in total. The van der Waals surface area contributed by atoms with Gasteiger partial charge in [0.2, 0.25) is 0 Å². The number of hydrogen-bond donors (Lipinski definition) is 1. The predicted octanol–water partition coefficient (Wildman–Crippen LogP) is 1.56. The van der Waals surface area contributed by atoms with E-state index in [9.17, 15) is 4.79 Å². The lowest BCUT2D eigenvalue weighted by Gasteiger charge is -2.29. The topological polar surface area (TPSA) is 59.5 Å². The van der Waals surface area contributed by atoms with Gasteiger partial charge in [0.05, 0.1) is 0 Å². The summed E-state index contributed by atoms with van der Waals surface area (Å²) < 4.78 is 5.42. The van der Waals surface area contributed by atoms with E-state index < -0.39 is 0 Å². The number of piperidine rings is 1. The minimum absolute atomic E-state index is 0.0211. The van der Waals surface area contributed by atoms with Crippen LogP contribution in [-0.4, -0.2) is 36.2 Å². The summed E-state index contributed by atoms with van der Waals surface area (Å²) in [5.74, 6) is 0.409. The van der Waals surface area contributed by atoms with Crippen LogP contribution in [0.15, 0.2) is 21.6 Å². The molecular formula is C11H16N2O2S. The number of amides is 1. The van der Waals surface area contributed by atoms with Crippen LogP contribution in [0.5, 0.6) is 0 Å². The van der Waals surface area contributed by atoms with Crippen molar-refractivity contribution < 1.29 is 9.21 Å². The van der Waals surface area contributed by atoms with Crippen LogP contribution in [0.25, 0.3) is 0 Å². The van der Waals surface area contributed by atoms with E-state index in [0.29, 0.717) is 5.76 Å². The number of furan rings is 1. The van der Waals surface area contributed by atoms with Crippen LogP contribution in [-0.2, 0) is 0 Å². The van der Waals surface area contributed by atoms with Gasteiger partial charge in [-0.05, 0) is 31.2 Å². The summed E-state index contributed by atoms with van der Waals surface area (Å²) in [7, 11) is 0. The van der Waals surface area contributed by atoms with Crippen LogP contribution in [0, 0.1) is 0 Å². The highest BCUT2D eigenvalue weighted by Gasteiger charge is 2.23. The van der Waals surface area contributed by atoms with E-state index >= 15 is 0 Å². The maximum absolute atomic E-state index is 12.0. The minimum atomic E-state index is -0.0211. The van der Waals surface area contributed by atoms with Crippen LogP contribution in [0.1, 0.15) is 23.4 Å². The van der Waals surface area contributed by atoms with Crippen molar-refractivity contribution in [1.82, 2.24) is 4.90 Å². The molecule has 2 heterocycles. The normalized spacial score (nSPS) is 17.8. The largest absolute Gasteiger partial charge is 0.445 e. The van der Waals surface area contributed by atoms with Crippen molar-refractivity contribution in [2.45, 2.75) is 24.0 Å². The van der Waals surface area contributed by atoms with Gasteiger partial charge in [-0.25, -0.2) is 0 Å². The molecule has 4 nitrogen and oxygen atoms in total. The second-order valence-electron chi connectivity index (χ2n) is 3.95. The van der Waals surface area contributed by atoms with Gasteiger partial charge in [-0.15, -0.1) is 0 Å². The van der Waals surface area contributed by atoms with Crippen LogP contribution in [0.2, 0.25) is 0 Å². The zero-order valence-electron chi connectivity index (χ0n) is 9.31. The van der Waals surface area contributed by atoms with Gasteiger partial charge in [0.15, 0.2) is 10.9 Å². The average Bonchev–Trinajstić information content (AvgIpc) is 2.77. The number of nitrogens with zero attached hydrogens (tertiary/aromatic N) is 1. The zero-order chi connectivity index (χ0) is 11.5. The Morgan fingerprint density at radius 2 is 2.19 bits per heavy atom. The Morgan fingerprint density at radius 1 is 1.50 bits per heavy atom. The fraction of sp³-hybridized carbons (Fsp3) is 0.545. The summed E-state index contributed by atoms with van der Waals surface area (Å²) in [4.78, 5) is 13.8. The van der Waals surface area contributed by atoms with E-state index in [2.05, 4.69) is 0 Å². The first-order valence-electron chi connectivity index (χ1n) is 5.39. The number of hydrogen-bond acceptors (Lipinski definition) is 4. The summed E-state index contributed by atoms with van der Waals surface area (Å²) in [6.45, 7) is 1.46. The van der Waals surface area contributed by atoms with Gasteiger partial charge in [0, 0.05) is 19.1 Å². The van der Waals surface area contributed by atoms with Crippen LogP contribution in [0.3, 0.4) is 0 Å². The minimum Gasteiger partial charge on any atom is -0.445 e. The SMILES string of the molecule is CSc1ccc(C(=O)N2CCC(N)CC2)o1. The molecule has 0 bridgehead atoms. The van der Waals surface area contributed by atoms with E-state index in [4.69, 9.17) is 10.2 Å². The van der Waals surface area contributed by atoms with Gasteiger partial charge in [-0.1, -0.05) is 11.8 Å². The molecular weight excluding hydrogens is 224 g/mol. The third-order valence-electron chi connectivity index (χ3n) is 2.82. The van der Waals surface area contributed by atoms with Gasteiger partial charge in [0.1, 0.15) is 0 Å². The number of likely N-dealkylation sites (tertiary alicyclic amines) is 1. The van der Waals surface area contributed by atoms with Crippen molar-refractivity contribution in [3.05, 3.63) is 17.9 Å². The Balaban J connectivity index is 2.01. The third-order valence-corrected chi connectivity index (χ3v) is 3.44. The predicted molar refractivity (Wildman–Crippen MR) is 63.6 cm³/mol. The van der Waals surface area contributed by atoms with Crippen LogP contribution >= 0.6 is 11.8 Å². The van der Waals surface area contributed by atoms with E-state index in [1.807, 2.05) is 17.2 Å². The van der Waals surface area contributed by atoms with Gasteiger partial charge >= 0.3 is 0 Å². The maximum atomic E-state index is 12.0. The highest BCUT2D eigenvalue weighted by Crippen LogP contribution is 2.20. The van der Waals surface area contributed by atoms with Crippen molar-refractivity contribution in [3.63, 3.8) is 0 Å². The first kappa shape index (κ1) is 11.5. The molecule has 1 aliphatic heterocycles. The van der Waals surface area contributed by atoms with E-state index in [1.165, 1.54) is 11.8 Å². The van der Waals surface area contributed by atoms with Crippen LogP contribution < -0.4 is 5.73 Å². The quantitative estimate of drug-likeness (QED) is 0.797. The van der Waals surface area contributed by atoms with Crippen molar-refractivity contribution in [1.29, 1.82) is 0 Å². The molecule has 0 aliphatic carbocycles. The standard InChI is InChI=1S/C11H16N2O2S/c1-16-10-3-2-9(15-10)11(14)13-6-4-8(12)5-7-13/h2-3,8H,4-7,12H2,1H3. The van der Waals surface area contributed by atoms with Gasteiger partial charge < -0.3 is 15.1 Å². The Labute approximate surface area is 99.2 Å². The molecule has 1 aromatic rings. The Hall–Kier alpha value is -0.940. The summed E-state index contributed by atoms with van der Waals surface area (Å²) in [6, 6.07) is 3.80. The summed E-state index contributed by atoms with van der Waals surface area (Å²) in [5, 5.41) is 0.775. The summed E-state index contributed by atoms with van der Waals surface area (Å²) in [5.41, 5.74) is 5.80. The first-order valence-corrected chi connectivity index (χ1v) is 6.62. The molecule has 88 valence electrons.